The van der Waals surface area contributed by atoms with Gasteiger partial charge in [-0.3, -0.25) is 9.69 Å². The summed E-state index contributed by atoms with van der Waals surface area (Å²) in [6, 6.07) is 0.664. The van der Waals surface area contributed by atoms with Crippen LogP contribution in [0.25, 0.3) is 0 Å². The van der Waals surface area contributed by atoms with Crippen LogP contribution in [-0.4, -0.2) is 45.9 Å². The van der Waals surface area contributed by atoms with Crippen molar-refractivity contribution in [3.63, 3.8) is 0 Å². The van der Waals surface area contributed by atoms with E-state index in [0.29, 0.717) is 6.04 Å². The topological polar surface area (TPSA) is 23.6 Å². The van der Waals surface area contributed by atoms with Gasteiger partial charge in [0.1, 0.15) is 0 Å². The molecule has 0 aromatic heterocycles. The van der Waals surface area contributed by atoms with Crippen LogP contribution in [-0.2, 0) is 0 Å². The number of carbonyl (C=O) groups is 1. The first kappa shape index (κ1) is 8.74. The molecule has 0 aromatic carbocycles. The lowest BCUT2D eigenvalue weighted by Gasteiger charge is -2.36. The van der Waals surface area contributed by atoms with Gasteiger partial charge in [-0.1, -0.05) is 0 Å². The molecule has 0 bridgehead atoms. The van der Waals surface area contributed by atoms with Crippen molar-refractivity contribution in [3.05, 3.63) is 0 Å². The number of piperazine rings is 1. The van der Waals surface area contributed by atoms with Crippen LogP contribution in [0.3, 0.4) is 0 Å². The van der Waals surface area contributed by atoms with Gasteiger partial charge in [-0.25, -0.2) is 0 Å². The Balaban J connectivity index is 1.96. The lowest BCUT2D eigenvalue weighted by Crippen LogP contribution is -2.50. The quantitative estimate of drug-likeness (QED) is 0.379. The molecule has 2 aliphatic heterocycles. The van der Waals surface area contributed by atoms with E-state index in [9.17, 15) is 4.79 Å². The lowest BCUT2D eigenvalue weighted by atomic mass is 10.2. The minimum absolute atomic E-state index is 0.208. The first-order valence-electron chi connectivity index (χ1n) is 4.46. The van der Waals surface area contributed by atoms with Crippen molar-refractivity contribution in [1.82, 2.24) is 9.80 Å². The number of nitrogens with zero attached hydrogens (tertiary/aromatic N) is 2. The highest BCUT2D eigenvalue weighted by molar-refractivity contribution is 14.1. The van der Waals surface area contributed by atoms with E-state index >= 15 is 0 Å². The second-order valence-electron chi connectivity index (χ2n) is 3.53. The van der Waals surface area contributed by atoms with Crippen molar-refractivity contribution in [2.45, 2.75) is 18.9 Å². The van der Waals surface area contributed by atoms with E-state index < -0.39 is 0 Å². The third kappa shape index (κ3) is 1.59. The minimum atomic E-state index is 0.208. The summed E-state index contributed by atoms with van der Waals surface area (Å²) in [5.41, 5.74) is 0. The molecule has 0 radical (unpaired) electrons. The number of hydrogen-bond donors (Lipinski definition) is 0. The molecule has 0 spiro atoms. The molecule has 0 saturated carbocycles. The van der Waals surface area contributed by atoms with Crippen LogP contribution < -0.4 is 0 Å². The van der Waals surface area contributed by atoms with Gasteiger partial charge < -0.3 is 4.90 Å². The van der Waals surface area contributed by atoms with Crippen molar-refractivity contribution in [3.8, 4) is 0 Å². The highest BCUT2D eigenvalue weighted by Crippen LogP contribution is 2.22. The zero-order chi connectivity index (χ0) is 8.55. The van der Waals surface area contributed by atoms with Gasteiger partial charge in [-0.2, -0.15) is 0 Å². The molecule has 68 valence electrons. The number of fused-ring (bicyclic) bond motifs is 1. The molecule has 1 atom stereocenters. The Labute approximate surface area is 86.2 Å². The van der Waals surface area contributed by atoms with Crippen molar-refractivity contribution >= 4 is 26.5 Å². The fraction of sp³-hybridized carbons (Fsp3) is 0.875. The predicted octanol–water partition coefficient (Wildman–Crippen LogP) is 1.32. The van der Waals surface area contributed by atoms with Crippen LogP contribution in [0.2, 0.25) is 0 Å². The molecule has 0 aliphatic carbocycles. The molecule has 2 heterocycles. The van der Waals surface area contributed by atoms with E-state index in [1.807, 2.05) is 27.5 Å². The molecule has 0 N–H and O–H groups in total. The van der Waals surface area contributed by atoms with Crippen LogP contribution in [0.4, 0.5) is 4.79 Å². The lowest BCUT2D eigenvalue weighted by molar-refractivity contribution is 0.131. The van der Waals surface area contributed by atoms with Crippen molar-refractivity contribution < 1.29 is 4.79 Å². The Morgan fingerprint density at radius 2 is 2.17 bits per heavy atom. The van der Waals surface area contributed by atoms with Gasteiger partial charge in [-0.15, -0.1) is 0 Å². The maximum absolute atomic E-state index is 11.1. The Morgan fingerprint density at radius 3 is 2.92 bits per heavy atom. The molecule has 3 nitrogen and oxygen atoms in total. The molecule has 2 rings (SSSR count). The predicted molar refractivity (Wildman–Crippen MR) is 55.6 cm³/mol. The van der Waals surface area contributed by atoms with Crippen LogP contribution in [0, 0.1) is 0 Å². The van der Waals surface area contributed by atoms with Gasteiger partial charge in [-0.05, 0) is 19.4 Å². The number of amides is 1. The van der Waals surface area contributed by atoms with Gasteiger partial charge in [0, 0.05) is 48.3 Å². The average Bonchev–Trinajstić information content (AvgIpc) is 2.49. The maximum Gasteiger partial charge on any atom is 0.283 e. The molecule has 2 aliphatic rings. The van der Waals surface area contributed by atoms with E-state index in [4.69, 9.17) is 0 Å². The summed E-state index contributed by atoms with van der Waals surface area (Å²) in [5.74, 6) is 0. The zero-order valence-corrected chi connectivity index (χ0v) is 9.16. The van der Waals surface area contributed by atoms with E-state index in [1.165, 1.54) is 19.4 Å². The third-order valence-electron chi connectivity index (χ3n) is 2.84. The highest BCUT2D eigenvalue weighted by atomic mass is 127. The number of carbonyl (C=O) groups excluding carboxylic acids is 1. The molecule has 4 heteroatoms. The molecule has 2 fully saturated rings. The SMILES string of the molecule is O=C(I)N1CCN2CCCC2C1. The number of hydrogen-bond acceptors (Lipinski definition) is 2. The summed E-state index contributed by atoms with van der Waals surface area (Å²) < 4.78 is 0.208. The largest absolute Gasteiger partial charge is 0.331 e. The Morgan fingerprint density at radius 1 is 1.33 bits per heavy atom. The van der Waals surface area contributed by atoms with Gasteiger partial charge >= 0.3 is 0 Å². The van der Waals surface area contributed by atoms with E-state index in [0.717, 1.165) is 19.6 Å². The zero-order valence-electron chi connectivity index (χ0n) is 7.00. The first-order valence-corrected chi connectivity index (χ1v) is 5.54. The fourth-order valence-corrected chi connectivity index (χ4v) is 2.59. The smallest absolute Gasteiger partial charge is 0.283 e. The first-order chi connectivity index (χ1) is 5.77. The summed E-state index contributed by atoms with van der Waals surface area (Å²) in [6.07, 6.45) is 2.59. The van der Waals surface area contributed by atoms with Gasteiger partial charge in [0.05, 0.1) is 0 Å². The Bertz CT molecular complexity index is 197. The molecular weight excluding hydrogens is 267 g/mol. The molecule has 1 unspecified atom stereocenters. The summed E-state index contributed by atoms with van der Waals surface area (Å²) in [7, 11) is 0. The van der Waals surface area contributed by atoms with Crippen molar-refractivity contribution in [2.24, 2.45) is 0 Å². The summed E-state index contributed by atoms with van der Waals surface area (Å²) in [4.78, 5) is 15.6. The monoisotopic (exact) mass is 280 g/mol. The van der Waals surface area contributed by atoms with Gasteiger partial charge in [0.2, 0.25) is 0 Å². The van der Waals surface area contributed by atoms with Crippen LogP contribution in [0.5, 0.6) is 0 Å². The molecule has 12 heavy (non-hydrogen) atoms. The Hall–Kier alpha value is 0.160. The normalized spacial score (nSPS) is 30.4. The van der Waals surface area contributed by atoms with Gasteiger partial charge in [0.25, 0.3) is 3.91 Å². The average molecular weight is 280 g/mol. The molecule has 2 saturated heterocycles. The van der Waals surface area contributed by atoms with Crippen LogP contribution in [0.15, 0.2) is 0 Å². The Kier molecular flexibility index (Phi) is 2.55. The van der Waals surface area contributed by atoms with Crippen LogP contribution in [0.1, 0.15) is 12.8 Å². The third-order valence-corrected chi connectivity index (χ3v) is 3.52. The van der Waals surface area contributed by atoms with Crippen molar-refractivity contribution in [1.29, 1.82) is 0 Å². The highest BCUT2D eigenvalue weighted by Gasteiger charge is 2.31. The van der Waals surface area contributed by atoms with Gasteiger partial charge in [0.15, 0.2) is 0 Å². The summed E-state index contributed by atoms with van der Waals surface area (Å²) in [5, 5.41) is 0. The fourth-order valence-electron chi connectivity index (χ4n) is 2.15. The second-order valence-corrected chi connectivity index (χ2v) is 4.45. The summed E-state index contributed by atoms with van der Waals surface area (Å²) >= 11 is 1.88. The number of halogens is 1. The molecule has 1 amide bonds. The van der Waals surface area contributed by atoms with Crippen molar-refractivity contribution in [2.75, 3.05) is 26.2 Å². The standard InChI is InChI=1S/C8H13IN2O/c9-8(12)11-5-4-10-3-1-2-7(10)6-11/h7H,1-6H2. The van der Waals surface area contributed by atoms with E-state index in [1.54, 1.807) is 0 Å². The second kappa shape index (κ2) is 3.49. The minimum Gasteiger partial charge on any atom is -0.331 e. The number of rotatable bonds is 0. The molecule has 0 aromatic rings. The summed E-state index contributed by atoms with van der Waals surface area (Å²) in [6.45, 7) is 4.22. The van der Waals surface area contributed by atoms with Crippen LogP contribution >= 0.6 is 22.6 Å². The molecular formula is C8H13IN2O. The maximum atomic E-state index is 11.1. The van der Waals surface area contributed by atoms with E-state index in [2.05, 4.69) is 4.90 Å². The van der Waals surface area contributed by atoms with E-state index in [-0.39, 0.29) is 3.91 Å².